The molecule has 6 nitrogen and oxygen atoms in total. The van der Waals surface area contributed by atoms with Crippen LogP contribution >= 0.6 is 0 Å². The largest absolute Gasteiger partial charge is 0.404 e. The van der Waals surface area contributed by atoms with Gasteiger partial charge in [-0.15, -0.1) is 0 Å². The fraction of sp³-hybridized carbons (Fsp3) is 0.350. The molecule has 0 saturated carbocycles. The van der Waals surface area contributed by atoms with Crippen molar-refractivity contribution in [2.75, 3.05) is 5.32 Å². The Morgan fingerprint density at radius 2 is 2.15 bits per heavy atom. The van der Waals surface area contributed by atoms with E-state index in [1.807, 2.05) is 27.7 Å². The maximum Gasteiger partial charge on any atom is 0.250 e. The summed E-state index contributed by atoms with van der Waals surface area (Å²) in [4.78, 5) is 20.3. The topological polar surface area (TPSA) is 85.3 Å². The van der Waals surface area contributed by atoms with Crippen molar-refractivity contribution < 1.29 is 4.39 Å². The first-order valence-electron chi connectivity index (χ1n) is 8.84. The number of rotatable bonds is 6. The van der Waals surface area contributed by atoms with Gasteiger partial charge >= 0.3 is 0 Å². The van der Waals surface area contributed by atoms with E-state index < -0.39 is 5.82 Å². The molecule has 2 heterocycles. The number of pyridine rings is 2. The van der Waals surface area contributed by atoms with Gasteiger partial charge in [0.15, 0.2) is 0 Å². The fourth-order valence-corrected chi connectivity index (χ4v) is 2.45. The Labute approximate surface area is 158 Å². The van der Waals surface area contributed by atoms with Crippen molar-refractivity contribution in [3.8, 4) is 0 Å². The second-order valence-corrected chi connectivity index (χ2v) is 7.22. The highest BCUT2D eigenvalue weighted by molar-refractivity contribution is 6.10. The molecule has 2 aromatic rings. The highest BCUT2D eigenvalue weighted by atomic mass is 19.1. The molecule has 0 amide bonds. The monoisotopic (exact) mass is 371 g/mol. The molecule has 0 saturated heterocycles. The Hall–Kier alpha value is -2.96. The molecule has 0 radical (unpaired) electrons. The van der Waals surface area contributed by atoms with E-state index in [4.69, 9.17) is 5.73 Å². The molecule has 7 heteroatoms. The highest BCUT2D eigenvalue weighted by Gasteiger charge is 2.13. The van der Waals surface area contributed by atoms with Crippen LogP contribution in [-0.4, -0.2) is 21.3 Å². The van der Waals surface area contributed by atoms with Crippen molar-refractivity contribution in [2.45, 2.75) is 46.2 Å². The number of aliphatic imine (C=N–C) groups is 1. The summed E-state index contributed by atoms with van der Waals surface area (Å²) in [6, 6.07) is 4.41. The van der Waals surface area contributed by atoms with Crippen LogP contribution in [0.5, 0.6) is 0 Å². The zero-order chi connectivity index (χ0) is 20.0. The summed E-state index contributed by atoms with van der Waals surface area (Å²) in [6.45, 7) is 8.51. The molecule has 27 heavy (non-hydrogen) atoms. The van der Waals surface area contributed by atoms with E-state index in [9.17, 15) is 9.18 Å². The van der Waals surface area contributed by atoms with E-state index in [1.165, 1.54) is 30.7 Å². The van der Waals surface area contributed by atoms with Gasteiger partial charge in [-0.1, -0.05) is 6.92 Å². The standard InChI is InChI=1S/C20H26FN5O/c1-5-8-26-13-15(6-7-19(26)27)23-11-14(10-22)16-12-24-18(9-17(16)21)25-20(2,3)4/h6-7,9-13H,5,8,22H2,1-4H3,(H,24,25)/b14-10+,23-11?. The molecule has 0 aliphatic heterocycles. The average molecular weight is 371 g/mol. The van der Waals surface area contributed by atoms with Gasteiger partial charge in [0, 0.05) is 60.2 Å². The van der Waals surface area contributed by atoms with Crippen LogP contribution in [-0.2, 0) is 6.54 Å². The number of nitrogens with zero attached hydrogens (tertiary/aromatic N) is 3. The van der Waals surface area contributed by atoms with Gasteiger partial charge < -0.3 is 15.6 Å². The van der Waals surface area contributed by atoms with E-state index >= 15 is 0 Å². The van der Waals surface area contributed by atoms with Crippen LogP contribution in [0.2, 0.25) is 0 Å². The van der Waals surface area contributed by atoms with Gasteiger partial charge in [0.2, 0.25) is 0 Å². The molecule has 0 aliphatic rings. The van der Waals surface area contributed by atoms with E-state index in [0.717, 1.165) is 6.42 Å². The van der Waals surface area contributed by atoms with Gasteiger partial charge in [0.25, 0.3) is 5.56 Å². The zero-order valence-corrected chi connectivity index (χ0v) is 16.2. The first-order valence-corrected chi connectivity index (χ1v) is 8.84. The number of aromatic nitrogens is 2. The van der Waals surface area contributed by atoms with Gasteiger partial charge in [0.1, 0.15) is 11.6 Å². The molecular formula is C20H26FN5O. The van der Waals surface area contributed by atoms with Gasteiger partial charge in [-0.25, -0.2) is 9.37 Å². The number of aryl methyl sites for hydroxylation is 1. The molecule has 144 valence electrons. The fourth-order valence-electron chi connectivity index (χ4n) is 2.45. The lowest BCUT2D eigenvalue weighted by molar-refractivity contribution is 0.611. The lowest BCUT2D eigenvalue weighted by Gasteiger charge is -2.21. The molecule has 0 aliphatic carbocycles. The third-order valence-electron chi connectivity index (χ3n) is 3.63. The molecule has 0 unspecified atom stereocenters. The lowest BCUT2D eigenvalue weighted by Crippen LogP contribution is -2.26. The molecular weight excluding hydrogens is 345 g/mol. The first kappa shape index (κ1) is 20.4. The molecule has 0 aromatic carbocycles. The van der Waals surface area contributed by atoms with E-state index in [2.05, 4.69) is 15.3 Å². The average Bonchev–Trinajstić information content (AvgIpc) is 2.58. The maximum absolute atomic E-state index is 14.5. The predicted molar refractivity (Wildman–Crippen MR) is 109 cm³/mol. The zero-order valence-electron chi connectivity index (χ0n) is 16.2. The third kappa shape index (κ3) is 5.77. The normalized spacial score (nSPS) is 12.6. The lowest BCUT2D eigenvalue weighted by atomic mass is 10.1. The van der Waals surface area contributed by atoms with Crippen LogP contribution in [0.1, 0.15) is 39.7 Å². The van der Waals surface area contributed by atoms with Gasteiger partial charge in [0.05, 0.1) is 5.69 Å². The summed E-state index contributed by atoms with van der Waals surface area (Å²) >= 11 is 0. The maximum atomic E-state index is 14.5. The Balaban J connectivity index is 2.26. The van der Waals surface area contributed by atoms with Crippen molar-refractivity contribution >= 4 is 23.3 Å². The number of allylic oxidation sites excluding steroid dienone is 1. The number of hydrogen-bond donors (Lipinski definition) is 2. The van der Waals surface area contributed by atoms with E-state index in [1.54, 1.807) is 16.8 Å². The second-order valence-electron chi connectivity index (χ2n) is 7.22. The summed E-state index contributed by atoms with van der Waals surface area (Å²) in [5, 5.41) is 3.12. The predicted octanol–water partition coefficient (Wildman–Crippen LogP) is 3.70. The van der Waals surface area contributed by atoms with Gasteiger partial charge in [-0.05, 0) is 33.3 Å². The Morgan fingerprint density at radius 3 is 2.74 bits per heavy atom. The van der Waals surface area contributed by atoms with Crippen molar-refractivity contribution in [1.29, 1.82) is 0 Å². The Kier molecular flexibility index (Phi) is 6.50. The van der Waals surface area contributed by atoms with Crippen molar-refractivity contribution in [2.24, 2.45) is 10.7 Å². The van der Waals surface area contributed by atoms with Crippen LogP contribution in [0.3, 0.4) is 0 Å². The van der Waals surface area contributed by atoms with Crippen LogP contribution in [0.15, 0.2) is 46.6 Å². The molecule has 2 rings (SSSR count). The van der Waals surface area contributed by atoms with Gasteiger partial charge in [-0.3, -0.25) is 9.79 Å². The quantitative estimate of drug-likeness (QED) is 0.758. The number of anilines is 1. The van der Waals surface area contributed by atoms with Crippen LogP contribution in [0, 0.1) is 5.82 Å². The highest BCUT2D eigenvalue weighted by Crippen LogP contribution is 2.21. The summed E-state index contributed by atoms with van der Waals surface area (Å²) < 4.78 is 16.1. The van der Waals surface area contributed by atoms with E-state index in [0.29, 0.717) is 23.6 Å². The Bertz CT molecular complexity index is 909. The minimum atomic E-state index is -0.448. The van der Waals surface area contributed by atoms with Gasteiger partial charge in [-0.2, -0.15) is 0 Å². The molecule has 0 atom stereocenters. The summed E-state index contributed by atoms with van der Waals surface area (Å²) in [7, 11) is 0. The van der Waals surface area contributed by atoms with Crippen molar-refractivity contribution in [3.05, 3.63) is 58.5 Å². The molecule has 0 spiro atoms. The van der Waals surface area contributed by atoms with Crippen molar-refractivity contribution in [1.82, 2.24) is 9.55 Å². The minimum Gasteiger partial charge on any atom is -0.404 e. The molecule has 3 N–H and O–H groups in total. The third-order valence-corrected chi connectivity index (χ3v) is 3.63. The number of halogens is 1. The first-order chi connectivity index (χ1) is 12.7. The van der Waals surface area contributed by atoms with Crippen LogP contribution in [0.4, 0.5) is 15.9 Å². The second kappa shape index (κ2) is 8.62. The summed E-state index contributed by atoms with van der Waals surface area (Å²) in [5.41, 5.74) is 6.59. The van der Waals surface area contributed by atoms with E-state index in [-0.39, 0.29) is 16.7 Å². The van der Waals surface area contributed by atoms with Crippen molar-refractivity contribution in [3.63, 3.8) is 0 Å². The molecule has 0 bridgehead atoms. The summed E-state index contributed by atoms with van der Waals surface area (Å²) in [6.07, 6.45) is 6.68. The smallest absolute Gasteiger partial charge is 0.250 e. The summed E-state index contributed by atoms with van der Waals surface area (Å²) in [5.74, 6) is -0.000412. The molecule has 2 aromatic heterocycles. The van der Waals surface area contributed by atoms with Crippen LogP contribution < -0.4 is 16.6 Å². The molecule has 0 fully saturated rings. The minimum absolute atomic E-state index is 0.0810. The number of nitrogens with two attached hydrogens (primary N) is 1. The SMILES string of the molecule is CCCn1cc(N=C/C(=C\N)c2cnc(NC(C)(C)C)cc2F)ccc1=O. The Morgan fingerprint density at radius 1 is 1.41 bits per heavy atom. The van der Waals surface area contributed by atoms with Crippen LogP contribution in [0.25, 0.3) is 5.57 Å². The number of hydrogen-bond acceptors (Lipinski definition) is 5. The number of nitrogens with one attached hydrogen (secondary N) is 1.